The van der Waals surface area contributed by atoms with Crippen LogP contribution in [0.4, 0.5) is 0 Å². The van der Waals surface area contributed by atoms with E-state index in [0.29, 0.717) is 19.6 Å². The number of nitrogens with zero attached hydrogens (tertiary/aromatic N) is 1. The molecule has 2 N–H and O–H groups in total. The minimum Gasteiger partial charge on any atom is -0.494 e. The molecule has 0 aliphatic carbocycles. The Hall–Kier alpha value is -2.82. The zero-order valence-corrected chi connectivity index (χ0v) is 14.6. The van der Waals surface area contributed by atoms with Crippen LogP contribution in [0.1, 0.15) is 23.9 Å². The number of aryl methyl sites for hydroxylation is 1. The number of H-pyrrole nitrogens is 1. The molecule has 2 aromatic carbocycles. The van der Waals surface area contributed by atoms with Crippen LogP contribution in [0, 0.1) is 6.92 Å². The zero-order valence-electron chi connectivity index (χ0n) is 14.6. The van der Waals surface area contributed by atoms with Gasteiger partial charge >= 0.3 is 0 Å². The van der Waals surface area contributed by atoms with Gasteiger partial charge in [0.1, 0.15) is 11.6 Å². The molecule has 0 spiro atoms. The maximum atomic E-state index is 12.1. The van der Waals surface area contributed by atoms with E-state index in [2.05, 4.69) is 27.4 Å². The standard InChI is InChI=1S/C20H23N3O2/c1-3-25-17-7-4-15(5-8-17)13-20(24)21-11-10-16-6-9-18-19(12-16)23-14(2)22-18/h4-9,12H,3,10-11,13H2,1-2H3,(H,21,24)(H,22,23). The van der Waals surface area contributed by atoms with Gasteiger partial charge in [-0.2, -0.15) is 0 Å². The Labute approximate surface area is 147 Å². The summed E-state index contributed by atoms with van der Waals surface area (Å²) in [5, 5.41) is 2.98. The predicted molar refractivity (Wildman–Crippen MR) is 98.9 cm³/mol. The summed E-state index contributed by atoms with van der Waals surface area (Å²) in [6, 6.07) is 13.8. The van der Waals surface area contributed by atoms with Gasteiger partial charge in [0.2, 0.25) is 5.91 Å². The van der Waals surface area contributed by atoms with E-state index in [4.69, 9.17) is 4.74 Å². The summed E-state index contributed by atoms with van der Waals surface area (Å²) >= 11 is 0. The summed E-state index contributed by atoms with van der Waals surface area (Å²) in [6.07, 6.45) is 1.17. The van der Waals surface area contributed by atoms with Crippen LogP contribution < -0.4 is 10.1 Å². The molecule has 5 nitrogen and oxygen atoms in total. The summed E-state index contributed by atoms with van der Waals surface area (Å²) in [4.78, 5) is 19.7. The SMILES string of the molecule is CCOc1ccc(CC(=O)NCCc2ccc3nc(C)[nH]c3c2)cc1. The highest BCUT2D eigenvalue weighted by atomic mass is 16.5. The number of fused-ring (bicyclic) bond motifs is 1. The molecule has 1 aromatic heterocycles. The van der Waals surface area contributed by atoms with E-state index in [9.17, 15) is 4.79 Å². The smallest absolute Gasteiger partial charge is 0.224 e. The zero-order chi connectivity index (χ0) is 17.6. The van der Waals surface area contributed by atoms with Crippen LogP contribution in [0.25, 0.3) is 11.0 Å². The van der Waals surface area contributed by atoms with Crippen molar-refractivity contribution in [1.29, 1.82) is 0 Å². The Kier molecular flexibility index (Phi) is 5.33. The Bertz CT molecular complexity index is 853. The highest BCUT2D eigenvalue weighted by Crippen LogP contribution is 2.14. The minimum absolute atomic E-state index is 0.0302. The van der Waals surface area contributed by atoms with Crippen LogP contribution in [0.5, 0.6) is 5.75 Å². The molecule has 3 rings (SSSR count). The van der Waals surface area contributed by atoms with E-state index in [1.807, 2.05) is 44.2 Å². The third-order valence-corrected chi connectivity index (χ3v) is 4.00. The molecular weight excluding hydrogens is 314 g/mol. The van der Waals surface area contributed by atoms with E-state index < -0.39 is 0 Å². The minimum atomic E-state index is 0.0302. The molecule has 130 valence electrons. The lowest BCUT2D eigenvalue weighted by Gasteiger charge is -2.07. The maximum Gasteiger partial charge on any atom is 0.224 e. The van der Waals surface area contributed by atoms with Crippen LogP contribution in [0.2, 0.25) is 0 Å². The Morgan fingerprint density at radius 1 is 1.16 bits per heavy atom. The first kappa shape index (κ1) is 17.0. The quantitative estimate of drug-likeness (QED) is 0.696. The Morgan fingerprint density at radius 2 is 1.92 bits per heavy atom. The Balaban J connectivity index is 1.48. The summed E-state index contributed by atoms with van der Waals surface area (Å²) < 4.78 is 5.40. The molecule has 3 aromatic rings. The summed E-state index contributed by atoms with van der Waals surface area (Å²) in [5.41, 5.74) is 4.17. The molecule has 0 aliphatic rings. The Morgan fingerprint density at radius 3 is 2.68 bits per heavy atom. The number of aromatic nitrogens is 2. The van der Waals surface area contributed by atoms with E-state index in [-0.39, 0.29) is 5.91 Å². The van der Waals surface area contributed by atoms with Crippen molar-refractivity contribution in [1.82, 2.24) is 15.3 Å². The first-order chi connectivity index (χ1) is 12.1. The number of aromatic amines is 1. The fourth-order valence-electron chi connectivity index (χ4n) is 2.80. The van der Waals surface area contributed by atoms with Crippen molar-refractivity contribution in [2.45, 2.75) is 26.7 Å². The van der Waals surface area contributed by atoms with Crippen molar-refractivity contribution in [3.8, 4) is 5.75 Å². The number of ether oxygens (including phenoxy) is 1. The van der Waals surface area contributed by atoms with Crippen LogP contribution in [0.15, 0.2) is 42.5 Å². The van der Waals surface area contributed by atoms with Gasteiger partial charge in [-0.15, -0.1) is 0 Å². The van der Waals surface area contributed by atoms with Gasteiger partial charge in [-0.25, -0.2) is 4.98 Å². The van der Waals surface area contributed by atoms with Gasteiger partial charge in [-0.1, -0.05) is 18.2 Å². The molecule has 0 aliphatic heterocycles. The third-order valence-electron chi connectivity index (χ3n) is 4.00. The highest BCUT2D eigenvalue weighted by Gasteiger charge is 2.05. The second-order valence-electron chi connectivity index (χ2n) is 6.03. The van der Waals surface area contributed by atoms with Crippen LogP contribution in [0.3, 0.4) is 0 Å². The summed E-state index contributed by atoms with van der Waals surface area (Å²) in [6.45, 7) is 5.16. The van der Waals surface area contributed by atoms with Gasteiger partial charge < -0.3 is 15.0 Å². The number of imidazole rings is 1. The van der Waals surface area contributed by atoms with Gasteiger partial charge in [0.15, 0.2) is 0 Å². The van der Waals surface area contributed by atoms with Crippen molar-refractivity contribution in [2.24, 2.45) is 0 Å². The van der Waals surface area contributed by atoms with Gasteiger partial charge in [-0.3, -0.25) is 4.79 Å². The van der Waals surface area contributed by atoms with Crippen molar-refractivity contribution < 1.29 is 9.53 Å². The van der Waals surface area contributed by atoms with E-state index in [1.165, 1.54) is 5.56 Å². The van der Waals surface area contributed by atoms with Gasteiger partial charge in [0.25, 0.3) is 0 Å². The number of benzene rings is 2. The topological polar surface area (TPSA) is 67.0 Å². The number of hydrogen-bond donors (Lipinski definition) is 2. The number of carbonyl (C=O) groups excluding carboxylic acids is 1. The van der Waals surface area contributed by atoms with Crippen LogP contribution in [-0.2, 0) is 17.6 Å². The fraction of sp³-hybridized carbons (Fsp3) is 0.300. The van der Waals surface area contributed by atoms with Crippen molar-refractivity contribution in [3.05, 3.63) is 59.4 Å². The van der Waals surface area contributed by atoms with Crippen molar-refractivity contribution in [2.75, 3.05) is 13.2 Å². The van der Waals surface area contributed by atoms with Crippen LogP contribution in [-0.4, -0.2) is 29.0 Å². The molecule has 0 radical (unpaired) electrons. The molecule has 1 amide bonds. The number of rotatable bonds is 7. The first-order valence-corrected chi connectivity index (χ1v) is 8.57. The second kappa shape index (κ2) is 7.83. The molecule has 25 heavy (non-hydrogen) atoms. The molecule has 0 unspecified atom stereocenters. The molecular formula is C20H23N3O2. The fourth-order valence-corrected chi connectivity index (χ4v) is 2.80. The molecule has 0 fully saturated rings. The third kappa shape index (κ3) is 4.59. The van der Waals surface area contributed by atoms with E-state index >= 15 is 0 Å². The monoisotopic (exact) mass is 337 g/mol. The van der Waals surface area contributed by atoms with Crippen molar-refractivity contribution in [3.63, 3.8) is 0 Å². The molecule has 0 atom stereocenters. The molecule has 0 saturated carbocycles. The number of carbonyl (C=O) groups is 1. The van der Waals surface area contributed by atoms with Crippen LogP contribution >= 0.6 is 0 Å². The average molecular weight is 337 g/mol. The molecule has 0 saturated heterocycles. The average Bonchev–Trinajstić information content (AvgIpc) is 2.96. The van der Waals surface area contributed by atoms with E-state index in [1.54, 1.807) is 0 Å². The first-order valence-electron chi connectivity index (χ1n) is 8.57. The van der Waals surface area contributed by atoms with Gasteiger partial charge in [-0.05, 0) is 55.7 Å². The van der Waals surface area contributed by atoms with Crippen molar-refractivity contribution >= 4 is 16.9 Å². The molecule has 0 bridgehead atoms. The second-order valence-corrected chi connectivity index (χ2v) is 6.03. The van der Waals surface area contributed by atoms with E-state index in [0.717, 1.165) is 34.6 Å². The highest BCUT2D eigenvalue weighted by molar-refractivity contribution is 5.78. The maximum absolute atomic E-state index is 12.1. The van der Waals surface area contributed by atoms with Gasteiger partial charge in [0.05, 0.1) is 24.1 Å². The number of nitrogens with one attached hydrogen (secondary N) is 2. The normalized spacial score (nSPS) is 10.8. The molecule has 1 heterocycles. The lowest BCUT2D eigenvalue weighted by Crippen LogP contribution is -2.27. The largest absolute Gasteiger partial charge is 0.494 e. The molecule has 5 heteroatoms. The summed E-state index contributed by atoms with van der Waals surface area (Å²) in [5.74, 6) is 1.77. The lowest BCUT2D eigenvalue weighted by molar-refractivity contribution is -0.120. The predicted octanol–water partition coefficient (Wildman–Crippen LogP) is 3.17. The van der Waals surface area contributed by atoms with Gasteiger partial charge in [0, 0.05) is 6.54 Å². The number of amides is 1. The number of hydrogen-bond acceptors (Lipinski definition) is 3. The lowest BCUT2D eigenvalue weighted by atomic mass is 10.1. The summed E-state index contributed by atoms with van der Waals surface area (Å²) in [7, 11) is 0.